The fourth-order valence-electron chi connectivity index (χ4n) is 59.1. The third-order valence-electron chi connectivity index (χ3n) is 57.9. The third-order valence-corrected chi connectivity index (χ3v) is 57.9. The molecular formula is C102H142. The summed E-state index contributed by atoms with van der Waals surface area (Å²) in [6.07, 6.45) is 107. The van der Waals surface area contributed by atoms with Gasteiger partial charge in [0.2, 0.25) is 0 Å². The Bertz CT molecular complexity index is 3910. The van der Waals surface area contributed by atoms with Crippen LogP contribution < -0.4 is 0 Å². The van der Waals surface area contributed by atoms with Crippen LogP contribution in [0.1, 0.15) is 385 Å². The van der Waals surface area contributed by atoms with E-state index in [2.05, 4.69) is 0 Å². The summed E-state index contributed by atoms with van der Waals surface area (Å²) in [7, 11) is 0. The van der Waals surface area contributed by atoms with Crippen LogP contribution in [0.15, 0.2) is 0 Å². The van der Waals surface area contributed by atoms with E-state index < -0.39 is 0 Å². The van der Waals surface area contributed by atoms with Gasteiger partial charge >= 0.3 is 0 Å². The van der Waals surface area contributed by atoms with Gasteiger partial charge in [-0.05, 0) is 598 Å². The minimum Gasteiger partial charge on any atom is -0.0527 e. The highest BCUT2D eigenvalue weighted by Crippen LogP contribution is 3.18. The predicted molar refractivity (Wildman–Crippen MR) is 402 cm³/mol. The quantitative estimate of drug-likeness (QED) is 0.227. The lowest BCUT2D eigenvalue weighted by atomic mass is 8.98. The molecule has 32 fully saturated rings. The fourth-order valence-corrected chi connectivity index (χ4v) is 59.1. The Labute approximate surface area is 619 Å². The first kappa shape index (κ1) is 58.8. The van der Waals surface area contributed by atoms with Gasteiger partial charge in [0.25, 0.3) is 0 Å². The van der Waals surface area contributed by atoms with Crippen molar-refractivity contribution in [1.29, 1.82) is 0 Å². The van der Waals surface area contributed by atoms with E-state index in [9.17, 15) is 0 Å². The Hall–Kier alpha value is 0. The maximum Gasteiger partial charge on any atom is -0.0105 e. The second-order valence-electron chi connectivity index (χ2n) is 51.8. The normalized spacial score (nSPS) is 75.1. The van der Waals surface area contributed by atoms with Crippen LogP contribution in [0, 0.1) is 238 Å². The van der Waals surface area contributed by atoms with E-state index in [0.717, 1.165) is 110 Å². The second-order valence-corrected chi connectivity index (χ2v) is 51.8. The van der Waals surface area contributed by atoms with E-state index in [4.69, 9.17) is 0 Å². The summed E-state index contributed by atoms with van der Waals surface area (Å²) in [5.74, 6) is 24.7. The maximum absolute atomic E-state index is 1.88. The average Bonchev–Trinajstić information content (AvgIpc) is 1.30. The van der Waals surface area contributed by atoms with Gasteiger partial charge in [-0.3, -0.25) is 0 Å². The summed E-state index contributed by atoms with van der Waals surface area (Å²) >= 11 is 0. The number of fused-ring (bicyclic) bond motifs is 31. The number of rotatable bonds is 0. The molecule has 0 heteroatoms. The molecule has 32 saturated carbocycles. The molecular weight excluding hydrogens is 1230 g/mol. The monoisotopic (exact) mass is 1370 g/mol. The molecule has 32 rings (SSSR count). The van der Waals surface area contributed by atoms with Crippen LogP contribution in [-0.2, 0) is 0 Å². The Morgan fingerprint density at radius 3 is 1.15 bits per heavy atom. The molecule has 0 heterocycles. The molecule has 0 N–H and O–H groups in total. The van der Waals surface area contributed by atoms with Gasteiger partial charge in [0.1, 0.15) is 0 Å². The molecule has 550 valence electrons. The summed E-state index contributed by atoms with van der Waals surface area (Å²) < 4.78 is 0. The first-order valence-corrected chi connectivity index (χ1v) is 50.0. The van der Waals surface area contributed by atoms with Crippen LogP contribution in [0.2, 0.25) is 0 Å². The molecule has 0 aromatic carbocycles. The van der Waals surface area contributed by atoms with Crippen molar-refractivity contribution in [2.75, 3.05) is 0 Å². The van der Waals surface area contributed by atoms with Crippen LogP contribution in [-0.4, -0.2) is 0 Å². The Kier molecular flexibility index (Phi) is 9.62. The molecule has 42 unspecified atom stereocenters. The minimum absolute atomic E-state index is 0.538. The topological polar surface area (TPSA) is 0 Å². The molecule has 0 aromatic heterocycles. The van der Waals surface area contributed by atoms with Gasteiger partial charge in [0.15, 0.2) is 0 Å². The van der Waals surface area contributed by atoms with Crippen LogP contribution >= 0.6 is 0 Å². The Balaban J connectivity index is 0.751. The van der Waals surface area contributed by atoms with Crippen LogP contribution in [0.25, 0.3) is 0 Å². The fraction of sp³-hybridized carbons (Fsp3) is 1.00. The van der Waals surface area contributed by atoms with Crippen molar-refractivity contribution in [3.63, 3.8) is 0 Å². The number of hydrogen-bond donors (Lipinski definition) is 0. The first-order chi connectivity index (χ1) is 50.0. The van der Waals surface area contributed by atoms with Crippen molar-refractivity contribution in [3.05, 3.63) is 0 Å². The van der Waals surface area contributed by atoms with Gasteiger partial charge in [0, 0.05) is 0 Å². The lowest BCUT2D eigenvalue weighted by Gasteiger charge is -3.05. The van der Waals surface area contributed by atoms with E-state index in [1.807, 2.05) is 161 Å². The molecule has 25 bridgehead atoms. The van der Waals surface area contributed by atoms with E-state index in [0.29, 0.717) is 81.2 Å². The van der Waals surface area contributed by atoms with Crippen molar-refractivity contribution in [2.24, 2.45) is 238 Å². The SMILES string of the molecule is C1CC2CCC34CCC56CCC78CCC9C(CCC7CCC5CCC3C1)CC1CC3C5C7CCC%10CCC%11CCC%12CCCC%13CCC%12%14CCC%11%12CCC%10%11CCC7%10C5C57C3C1C1C5C35CCC%15%16CCC%17%18CCC%19%20CCC(C2CCC4%19CCC6%17CCC8%15CCC913)C%13CCC%14%20CCC%12%18CCC%11%16CCC%1075. The van der Waals surface area contributed by atoms with Crippen LogP contribution in [0.5, 0.6) is 0 Å². The molecule has 42 atom stereocenters. The molecule has 32 aliphatic carbocycles. The number of hydrogen-bond acceptors (Lipinski definition) is 0. The highest BCUT2D eigenvalue weighted by atomic mass is 15.2. The van der Waals surface area contributed by atoms with Gasteiger partial charge in [0.05, 0.1) is 0 Å². The Morgan fingerprint density at radius 1 is 0.196 bits per heavy atom. The molecule has 0 amide bonds. The van der Waals surface area contributed by atoms with Gasteiger partial charge in [-0.2, -0.15) is 0 Å². The molecule has 0 nitrogen and oxygen atoms in total. The zero-order chi connectivity index (χ0) is 65.1. The largest absolute Gasteiger partial charge is 0.0527 e. The van der Waals surface area contributed by atoms with Crippen molar-refractivity contribution in [2.45, 2.75) is 385 Å². The standard InChI is InChI=1S/C102H142/c1-3-61-19-25-83-31-34-86-36-33-85-27-24-75-63(7-8-67(85)13-14-68(86)11-9-65(83)5-1)59-64-60-74-78-76-18-17-70-16-15-69-12-10-66-6-2-4-62-20-26-84(66)32-35-87(69)37-38-88(70)39-55-99(76)81(78)102-79(74)77(64)80-82(102)100-57-53-97-51-50-96-49-48-95-30-23-73(71(61)21-28-89(83,95)40-42-91(86,96)44-46-93(85,97)52-56-98(75,80)100)72(62)22-29-90(84,95)41-43-92(87,96)45-47-94(88,97)54-58-101(99,100)102/h61-82H,1-60H2. The summed E-state index contributed by atoms with van der Waals surface area (Å²) in [5, 5.41) is 0. The molecule has 0 aliphatic heterocycles. The zero-order valence-electron chi connectivity index (χ0n) is 65.1. The highest BCUT2D eigenvalue weighted by Gasteiger charge is 3.14. The summed E-state index contributed by atoms with van der Waals surface area (Å²) in [6, 6.07) is 0. The predicted octanol–water partition coefficient (Wildman–Crippen LogP) is 26.1. The summed E-state index contributed by atoms with van der Waals surface area (Å²) in [4.78, 5) is 0. The highest BCUT2D eigenvalue weighted by molar-refractivity contribution is 5.60. The lowest BCUT2D eigenvalue weighted by Crippen LogP contribution is -3.02. The van der Waals surface area contributed by atoms with Crippen molar-refractivity contribution >= 4 is 0 Å². The van der Waals surface area contributed by atoms with Gasteiger partial charge in [-0.15, -0.1) is 0 Å². The smallest absolute Gasteiger partial charge is 0.0105 e. The van der Waals surface area contributed by atoms with Crippen molar-refractivity contribution in [1.82, 2.24) is 0 Å². The van der Waals surface area contributed by atoms with E-state index >= 15 is 0 Å². The summed E-state index contributed by atoms with van der Waals surface area (Å²) in [6.45, 7) is 0. The van der Waals surface area contributed by atoms with Crippen molar-refractivity contribution in [3.8, 4) is 0 Å². The molecule has 102 heavy (non-hydrogen) atoms. The zero-order valence-corrected chi connectivity index (χ0v) is 65.1. The summed E-state index contributed by atoms with van der Waals surface area (Å²) in [5.41, 5.74) is 12.5. The van der Waals surface area contributed by atoms with Gasteiger partial charge in [-0.25, -0.2) is 0 Å². The molecule has 0 saturated heterocycles. The van der Waals surface area contributed by atoms with Crippen LogP contribution in [0.3, 0.4) is 0 Å². The molecule has 32 aliphatic rings. The Morgan fingerprint density at radius 2 is 0.598 bits per heavy atom. The molecule has 0 aromatic rings. The van der Waals surface area contributed by atoms with E-state index in [-0.39, 0.29) is 0 Å². The van der Waals surface area contributed by atoms with E-state index in [1.165, 1.54) is 47.3 Å². The lowest BCUT2D eigenvalue weighted by molar-refractivity contribution is -0.590. The van der Waals surface area contributed by atoms with Gasteiger partial charge in [-0.1, -0.05) is 25.7 Å². The average molecular weight is 1370 g/mol. The van der Waals surface area contributed by atoms with Crippen molar-refractivity contribution < 1.29 is 0 Å². The molecule has 0 radical (unpaired) electrons. The third kappa shape index (κ3) is 4.55. The minimum atomic E-state index is 0.538. The molecule has 20 spiro atoms. The second kappa shape index (κ2) is 16.7. The van der Waals surface area contributed by atoms with Gasteiger partial charge < -0.3 is 0 Å². The van der Waals surface area contributed by atoms with Crippen LogP contribution in [0.4, 0.5) is 0 Å². The maximum atomic E-state index is 1.88. The van der Waals surface area contributed by atoms with E-state index in [1.54, 1.807) is 225 Å². The first-order valence-electron chi connectivity index (χ1n) is 50.0.